The fourth-order valence-electron chi connectivity index (χ4n) is 3.39. The molecule has 3 aromatic rings. The third-order valence-electron chi connectivity index (χ3n) is 4.71. The van der Waals surface area contributed by atoms with Gasteiger partial charge >= 0.3 is 0 Å². The van der Waals surface area contributed by atoms with Gasteiger partial charge in [-0.1, -0.05) is 36.0 Å². The van der Waals surface area contributed by atoms with Crippen LogP contribution in [0.4, 0.5) is 11.4 Å². The Morgan fingerprint density at radius 2 is 1.93 bits per heavy atom. The number of para-hydroxylation sites is 4. The number of carbonyl (C=O) groups excluding carboxylic acids is 2. The molecule has 2 amide bonds. The molecule has 1 aromatic heterocycles. The summed E-state index contributed by atoms with van der Waals surface area (Å²) in [5.41, 5.74) is 2.00. The minimum atomic E-state index is -0.271. The lowest BCUT2D eigenvalue weighted by Gasteiger charge is -2.27. The molecule has 9 nitrogen and oxygen atoms in total. The number of rotatable bonds is 5. The van der Waals surface area contributed by atoms with E-state index in [2.05, 4.69) is 20.8 Å². The van der Waals surface area contributed by atoms with E-state index in [-0.39, 0.29) is 30.0 Å². The van der Waals surface area contributed by atoms with E-state index in [9.17, 15) is 9.59 Å². The summed E-state index contributed by atoms with van der Waals surface area (Å²) in [4.78, 5) is 27.0. The number of nitrogens with zero attached hydrogens (tertiary/aromatic N) is 5. The Balaban J connectivity index is 1.56. The lowest BCUT2D eigenvalue weighted by atomic mass is 10.2. The average Bonchev–Trinajstić information content (AvgIpc) is 3.16. The number of ether oxygens (including phenoxy) is 1. The predicted molar refractivity (Wildman–Crippen MR) is 113 cm³/mol. The van der Waals surface area contributed by atoms with E-state index in [0.717, 1.165) is 0 Å². The molecule has 10 heteroatoms. The summed E-state index contributed by atoms with van der Waals surface area (Å²) in [7, 11) is 1.58. The SMILES string of the molecule is COc1ccccc1-n1nnnc1SCC(=O)N1c2ccccc2NC(=O)C[C@@H]1C. The summed E-state index contributed by atoms with van der Waals surface area (Å²) in [6.07, 6.45) is 0.226. The molecular formula is C20H20N6O3S. The molecule has 0 saturated heterocycles. The van der Waals surface area contributed by atoms with Crippen molar-refractivity contribution in [3.63, 3.8) is 0 Å². The molecule has 1 aliphatic rings. The zero-order valence-corrected chi connectivity index (χ0v) is 17.3. The molecule has 0 fully saturated rings. The van der Waals surface area contributed by atoms with Gasteiger partial charge in [-0.05, 0) is 41.6 Å². The second kappa shape index (κ2) is 8.54. The molecule has 0 saturated carbocycles. The van der Waals surface area contributed by atoms with Crippen molar-refractivity contribution in [2.24, 2.45) is 0 Å². The van der Waals surface area contributed by atoms with Crippen LogP contribution in [-0.4, -0.2) is 50.9 Å². The Hall–Kier alpha value is -3.40. The van der Waals surface area contributed by atoms with Crippen LogP contribution in [-0.2, 0) is 9.59 Å². The normalized spacial score (nSPS) is 15.9. The highest BCUT2D eigenvalue weighted by atomic mass is 32.2. The van der Waals surface area contributed by atoms with Crippen molar-refractivity contribution in [2.45, 2.75) is 24.5 Å². The van der Waals surface area contributed by atoms with Crippen LogP contribution in [0.2, 0.25) is 0 Å². The fraction of sp³-hybridized carbons (Fsp3) is 0.250. The van der Waals surface area contributed by atoms with Crippen molar-refractivity contribution in [3.05, 3.63) is 48.5 Å². The average molecular weight is 424 g/mol. The zero-order valence-electron chi connectivity index (χ0n) is 16.5. The molecule has 0 unspecified atom stereocenters. The maximum atomic E-state index is 13.2. The number of hydrogen-bond donors (Lipinski definition) is 1. The molecule has 0 radical (unpaired) electrons. The molecule has 1 N–H and O–H groups in total. The van der Waals surface area contributed by atoms with Crippen molar-refractivity contribution in [3.8, 4) is 11.4 Å². The van der Waals surface area contributed by atoms with Crippen LogP contribution < -0.4 is 15.0 Å². The summed E-state index contributed by atoms with van der Waals surface area (Å²) in [6, 6.07) is 14.4. The Bertz CT molecular complexity index is 1090. The molecule has 1 atom stereocenters. The lowest BCUT2D eigenvalue weighted by molar-refractivity contribution is -0.117. The minimum absolute atomic E-state index is 0.113. The first-order valence-electron chi connectivity index (χ1n) is 9.34. The summed E-state index contributed by atoms with van der Waals surface area (Å²) in [5, 5.41) is 15.2. The van der Waals surface area contributed by atoms with Crippen LogP contribution >= 0.6 is 11.8 Å². The molecular weight excluding hydrogens is 404 g/mol. The Kier molecular flexibility index (Phi) is 5.66. The van der Waals surface area contributed by atoms with Gasteiger partial charge in [0, 0.05) is 12.5 Å². The van der Waals surface area contributed by atoms with Crippen molar-refractivity contribution >= 4 is 35.0 Å². The highest BCUT2D eigenvalue weighted by molar-refractivity contribution is 7.99. The van der Waals surface area contributed by atoms with Crippen molar-refractivity contribution in [1.82, 2.24) is 20.2 Å². The summed E-state index contributed by atoms with van der Waals surface area (Å²) in [6.45, 7) is 1.86. The number of nitrogens with one attached hydrogen (secondary N) is 1. The van der Waals surface area contributed by atoms with E-state index in [1.807, 2.05) is 49.4 Å². The van der Waals surface area contributed by atoms with Gasteiger partial charge in [-0.3, -0.25) is 9.59 Å². The van der Waals surface area contributed by atoms with Crippen LogP contribution in [0.5, 0.6) is 5.75 Å². The molecule has 0 aliphatic carbocycles. The lowest BCUT2D eigenvalue weighted by Crippen LogP contribution is -2.40. The first kappa shape index (κ1) is 19.9. The summed E-state index contributed by atoms with van der Waals surface area (Å²) in [5.74, 6) is 0.490. The molecule has 4 rings (SSSR count). The second-order valence-electron chi connectivity index (χ2n) is 6.72. The molecule has 154 valence electrons. The van der Waals surface area contributed by atoms with E-state index in [0.29, 0.717) is 28.0 Å². The number of tetrazole rings is 1. The number of anilines is 2. The molecule has 0 spiro atoms. The van der Waals surface area contributed by atoms with Gasteiger partial charge in [0.25, 0.3) is 0 Å². The number of benzene rings is 2. The van der Waals surface area contributed by atoms with Gasteiger partial charge in [-0.15, -0.1) is 5.10 Å². The van der Waals surface area contributed by atoms with Gasteiger partial charge in [-0.2, -0.15) is 4.68 Å². The van der Waals surface area contributed by atoms with Gasteiger partial charge in [0.15, 0.2) is 0 Å². The Labute approximate surface area is 177 Å². The molecule has 0 bridgehead atoms. The van der Waals surface area contributed by atoms with Crippen molar-refractivity contribution in [1.29, 1.82) is 0 Å². The monoisotopic (exact) mass is 424 g/mol. The number of amides is 2. The third kappa shape index (κ3) is 3.86. The maximum absolute atomic E-state index is 13.2. The highest BCUT2D eigenvalue weighted by Crippen LogP contribution is 2.32. The van der Waals surface area contributed by atoms with E-state index in [1.165, 1.54) is 11.8 Å². The van der Waals surface area contributed by atoms with Crippen molar-refractivity contribution < 1.29 is 14.3 Å². The number of methoxy groups -OCH3 is 1. The van der Waals surface area contributed by atoms with Crippen LogP contribution in [0.15, 0.2) is 53.7 Å². The summed E-state index contributed by atoms with van der Waals surface area (Å²) >= 11 is 1.23. The standard InChI is InChI=1S/C20H20N6O3S/c1-13-11-18(27)21-14-7-3-4-8-15(14)25(13)19(28)12-30-20-22-23-24-26(20)16-9-5-6-10-17(16)29-2/h3-10,13H,11-12H2,1-2H3,(H,21,27)/t13-/m0/s1. The third-order valence-corrected chi connectivity index (χ3v) is 5.61. The van der Waals surface area contributed by atoms with Gasteiger partial charge < -0.3 is 15.0 Å². The summed E-state index contributed by atoms with van der Waals surface area (Å²) < 4.78 is 6.93. The zero-order chi connectivity index (χ0) is 21.1. The smallest absolute Gasteiger partial charge is 0.237 e. The molecule has 1 aliphatic heterocycles. The number of aromatic nitrogens is 4. The van der Waals surface area contributed by atoms with Gasteiger partial charge in [0.2, 0.25) is 17.0 Å². The van der Waals surface area contributed by atoms with E-state index >= 15 is 0 Å². The fourth-order valence-corrected chi connectivity index (χ4v) is 4.13. The first-order valence-corrected chi connectivity index (χ1v) is 10.3. The van der Waals surface area contributed by atoms with E-state index in [1.54, 1.807) is 22.8 Å². The van der Waals surface area contributed by atoms with E-state index < -0.39 is 0 Å². The number of fused-ring (bicyclic) bond motifs is 1. The van der Waals surface area contributed by atoms with Crippen LogP contribution in [0.25, 0.3) is 5.69 Å². The van der Waals surface area contributed by atoms with Crippen molar-refractivity contribution in [2.75, 3.05) is 23.1 Å². The molecule has 30 heavy (non-hydrogen) atoms. The Morgan fingerprint density at radius 3 is 2.73 bits per heavy atom. The minimum Gasteiger partial charge on any atom is -0.494 e. The molecule has 2 aromatic carbocycles. The van der Waals surface area contributed by atoms with E-state index in [4.69, 9.17) is 4.74 Å². The topological polar surface area (TPSA) is 102 Å². The van der Waals surface area contributed by atoms with Crippen LogP contribution in [0, 0.1) is 0 Å². The molecule has 2 heterocycles. The van der Waals surface area contributed by atoms with Crippen LogP contribution in [0.3, 0.4) is 0 Å². The van der Waals surface area contributed by atoms with Gasteiger partial charge in [-0.25, -0.2) is 0 Å². The number of thioether (sulfide) groups is 1. The second-order valence-corrected chi connectivity index (χ2v) is 7.66. The number of hydrogen-bond acceptors (Lipinski definition) is 7. The van der Waals surface area contributed by atoms with Gasteiger partial charge in [0.05, 0.1) is 24.2 Å². The quantitative estimate of drug-likeness (QED) is 0.628. The largest absolute Gasteiger partial charge is 0.494 e. The number of carbonyl (C=O) groups is 2. The first-order chi connectivity index (χ1) is 14.6. The van der Waals surface area contributed by atoms with Crippen LogP contribution in [0.1, 0.15) is 13.3 Å². The highest BCUT2D eigenvalue weighted by Gasteiger charge is 2.29. The van der Waals surface area contributed by atoms with Gasteiger partial charge in [0.1, 0.15) is 11.4 Å². The maximum Gasteiger partial charge on any atom is 0.237 e. The Morgan fingerprint density at radius 1 is 1.20 bits per heavy atom. The predicted octanol–water partition coefficient (Wildman–Crippen LogP) is 2.53.